The Balaban J connectivity index is 1.42. The number of aromatic nitrogens is 6. The Hall–Kier alpha value is -3.49. The molecule has 1 aliphatic rings. The van der Waals surface area contributed by atoms with Crippen molar-refractivity contribution in [2.75, 3.05) is 11.9 Å². The first kappa shape index (κ1) is 20.4. The van der Waals surface area contributed by atoms with Crippen LogP contribution in [-0.4, -0.2) is 42.2 Å². The lowest BCUT2D eigenvalue weighted by atomic mass is 9.93. The first-order chi connectivity index (χ1) is 15.6. The van der Waals surface area contributed by atoms with Crippen LogP contribution in [0.5, 0.6) is 5.75 Å². The van der Waals surface area contributed by atoms with Gasteiger partial charge in [0.05, 0.1) is 23.9 Å². The van der Waals surface area contributed by atoms with Crippen LogP contribution >= 0.6 is 0 Å². The molecule has 0 saturated heterocycles. The lowest BCUT2D eigenvalue weighted by molar-refractivity contribution is 0.125. The van der Waals surface area contributed by atoms with Gasteiger partial charge in [-0.25, -0.2) is 9.97 Å². The van der Waals surface area contributed by atoms with E-state index in [1.165, 1.54) is 6.20 Å². The lowest BCUT2D eigenvalue weighted by Gasteiger charge is -2.29. The summed E-state index contributed by atoms with van der Waals surface area (Å²) in [6.07, 6.45) is 10.5. The summed E-state index contributed by atoms with van der Waals surface area (Å²) in [7, 11) is 1.90. The highest BCUT2D eigenvalue weighted by atomic mass is 19.1. The van der Waals surface area contributed by atoms with Crippen molar-refractivity contribution in [3.05, 3.63) is 48.9 Å². The van der Waals surface area contributed by atoms with E-state index >= 15 is 0 Å². The van der Waals surface area contributed by atoms with Gasteiger partial charge in [-0.2, -0.15) is 14.6 Å². The number of nitrogens with one attached hydrogen (secondary N) is 1. The van der Waals surface area contributed by atoms with Gasteiger partial charge in [0, 0.05) is 49.2 Å². The molecule has 0 bridgehead atoms. The van der Waals surface area contributed by atoms with Gasteiger partial charge in [-0.1, -0.05) is 0 Å². The Morgan fingerprint density at radius 2 is 2.03 bits per heavy atom. The fraction of sp³-hybridized carbons (Fsp3) is 0.391. The molecule has 0 amide bonds. The normalized spacial score (nSPS) is 18.7. The Labute approximate surface area is 185 Å². The van der Waals surface area contributed by atoms with Gasteiger partial charge in [-0.3, -0.25) is 9.36 Å². The molecule has 166 valence electrons. The van der Waals surface area contributed by atoms with Crippen molar-refractivity contribution in [2.45, 2.75) is 44.8 Å². The topological polar surface area (TPSA) is 82.7 Å². The maximum absolute atomic E-state index is 13.9. The van der Waals surface area contributed by atoms with Crippen molar-refractivity contribution in [1.29, 1.82) is 0 Å². The molecule has 0 unspecified atom stereocenters. The van der Waals surface area contributed by atoms with E-state index < -0.39 is 5.95 Å². The molecule has 4 aromatic heterocycles. The van der Waals surface area contributed by atoms with Crippen LogP contribution in [0.1, 0.15) is 38.6 Å². The number of fused-ring (bicyclic) bond motifs is 1. The quantitative estimate of drug-likeness (QED) is 0.453. The minimum atomic E-state index is -0.558. The van der Waals surface area contributed by atoms with Crippen LogP contribution in [0.2, 0.25) is 0 Å². The van der Waals surface area contributed by atoms with E-state index in [1.807, 2.05) is 25.6 Å². The van der Waals surface area contributed by atoms with Crippen molar-refractivity contribution < 1.29 is 9.13 Å². The number of anilines is 1. The van der Waals surface area contributed by atoms with Gasteiger partial charge in [0.15, 0.2) is 5.75 Å². The van der Waals surface area contributed by atoms with Gasteiger partial charge < -0.3 is 10.1 Å². The van der Waals surface area contributed by atoms with Crippen molar-refractivity contribution in [2.24, 2.45) is 7.05 Å². The molecule has 0 atom stereocenters. The molecule has 1 N–H and O–H groups in total. The zero-order chi connectivity index (χ0) is 22.1. The number of hydrogen-bond donors (Lipinski definition) is 1. The van der Waals surface area contributed by atoms with E-state index in [-0.39, 0.29) is 17.9 Å². The van der Waals surface area contributed by atoms with Crippen LogP contribution < -0.4 is 10.1 Å². The van der Waals surface area contributed by atoms with Gasteiger partial charge in [-0.05, 0) is 44.7 Å². The van der Waals surface area contributed by atoms with Crippen molar-refractivity contribution in [3.63, 3.8) is 0 Å². The molecule has 0 aromatic carbocycles. The molecule has 4 aromatic rings. The third kappa shape index (κ3) is 3.90. The van der Waals surface area contributed by atoms with E-state index in [4.69, 9.17) is 9.84 Å². The molecule has 5 rings (SSSR count). The molecular weight excluding hydrogens is 409 g/mol. The highest BCUT2D eigenvalue weighted by Crippen LogP contribution is 2.36. The lowest BCUT2D eigenvalue weighted by Crippen LogP contribution is -2.26. The predicted molar refractivity (Wildman–Crippen MR) is 120 cm³/mol. The molecule has 9 heteroatoms. The fourth-order valence-electron chi connectivity index (χ4n) is 4.39. The summed E-state index contributed by atoms with van der Waals surface area (Å²) in [4.78, 5) is 8.24. The summed E-state index contributed by atoms with van der Waals surface area (Å²) in [5, 5.41) is 13.6. The van der Waals surface area contributed by atoms with Crippen molar-refractivity contribution in [3.8, 4) is 17.0 Å². The molecule has 0 radical (unpaired) electrons. The van der Waals surface area contributed by atoms with Gasteiger partial charge in [-0.15, -0.1) is 0 Å². The molecule has 1 aliphatic carbocycles. The second-order valence-corrected chi connectivity index (χ2v) is 8.15. The zero-order valence-electron chi connectivity index (χ0n) is 18.2. The third-order valence-electron chi connectivity index (χ3n) is 5.94. The average molecular weight is 436 g/mol. The van der Waals surface area contributed by atoms with Gasteiger partial charge in [0.2, 0.25) is 0 Å². The summed E-state index contributed by atoms with van der Waals surface area (Å²) in [6.45, 7) is 2.85. The molecule has 1 saturated carbocycles. The average Bonchev–Trinajstić information content (AvgIpc) is 3.39. The molecule has 4 heterocycles. The van der Waals surface area contributed by atoms with E-state index in [2.05, 4.69) is 38.1 Å². The number of aryl methyl sites for hydroxylation is 1. The Morgan fingerprint density at radius 1 is 1.19 bits per heavy atom. The van der Waals surface area contributed by atoms with E-state index in [1.54, 1.807) is 16.8 Å². The van der Waals surface area contributed by atoms with E-state index in [0.29, 0.717) is 0 Å². The number of nitrogens with zero attached hydrogens (tertiary/aromatic N) is 6. The van der Waals surface area contributed by atoms with Crippen LogP contribution in [0.15, 0.2) is 43.0 Å². The standard InChI is InChI=1S/C23H26FN7O/c1-3-25-21-11-19-18(13-27-21)22(15-12-28-30(2)14-15)29-31(19)16-6-8-17(9-7-16)32-20-5-4-10-26-23(20)24/h4-5,10-14,16-17H,3,6-9H2,1-2H3,(H,25,27)/t16-,17+. The number of hydrogen-bond acceptors (Lipinski definition) is 6. The molecule has 1 fully saturated rings. The molecular formula is C23H26FN7O. The third-order valence-corrected chi connectivity index (χ3v) is 5.94. The Morgan fingerprint density at radius 3 is 2.75 bits per heavy atom. The van der Waals surface area contributed by atoms with E-state index in [9.17, 15) is 4.39 Å². The Bertz CT molecular complexity index is 1230. The summed E-state index contributed by atoms with van der Waals surface area (Å²) in [5.41, 5.74) is 2.91. The van der Waals surface area contributed by atoms with Crippen LogP contribution in [0, 0.1) is 5.95 Å². The first-order valence-corrected chi connectivity index (χ1v) is 11.0. The summed E-state index contributed by atoms with van der Waals surface area (Å²) in [5.74, 6) is 0.501. The van der Waals surface area contributed by atoms with Crippen LogP contribution in [0.4, 0.5) is 10.2 Å². The zero-order valence-corrected chi connectivity index (χ0v) is 18.2. The first-order valence-electron chi connectivity index (χ1n) is 11.0. The van der Waals surface area contributed by atoms with Gasteiger partial charge in [0.25, 0.3) is 5.95 Å². The molecule has 0 spiro atoms. The van der Waals surface area contributed by atoms with Gasteiger partial charge in [0.1, 0.15) is 11.5 Å². The van der Waals surface area contributed by atoms with Crippen molar-refractivity contribution in [1.82, 2.24) is 29.5 Å². The molecule has 0 aliphatic heterocycles. The predicted octanol–water partition coefficient (Wildman–Crippen LogP) is 4.36. The minimum Gasteiger partial charge on any atom is -0.486 e. The maximum atomic E-state index is 13.9. The second kappa shape index (κ2) is 8.57. The minimum absolute atomic E-state index is 0.0245. The second-order valence-electron chi connectivity index (χ2n) is 8.15. The number of rotatable bonds is 6. The summed E-state index contributed by atoms with van der Waals surface area (Å²) < 4.78 is 23.7. The highest BCUT2D eigenvalue weighted by molar-refractivity contribution is 5.93. The Kier molecular flexibility index (Phi) is 5.46. The molecule has 8 nitrogen and oxygen atoms in total. The highest BCUT2D eigenvalue weighted by Gasteiger charge is 2.27. The fourth-order valence-corrected chi connectivity index (χ4v) is 4.39. The van der Waals surface area contributed by atoms with Crippen LogP contribution in [-0.2, 0) is 7.05 Å². The monoisotopic (exact) mass is 435 g/mol. The smallest absolute Gasteiger partial charge is 0.255 e. The number of pyridine rings is 2. The molecule has 32 heavy (non-hydrogen) atoms. The van der Waals surface area contributed by atoms with Crippen LogP contribution in [0.3, 0.4) is 0 Å². The number of ether oxygens (including phenoxy) is 1. The van der Waals surface area contributed by atoms with Crippen LogP contribution in [0.25, 0.3) is 22.2 Å². The van der Waals surface area contributed by atoms with Gasteiger partial charge >= 0.3 is 0 Å². The summed E-state index contributed by atoms with van der Waals surface area (Å²) in [6, 6.07) is 5.62. The number of halogens is 1. The largest absolute Gasteiger partial charge is 0.486 e. The van der Waals surface area contributed by atoms with Crippen molar-refractivity contribution >= 4 is 16.7 Å². The summed E-state index contributed by atoms with van der Waals surface area (Å²) >= 11 is 0. The SMILES string of the molecule is CCNc1cc2c(cn1)c(-c1cnn(C)c1)nn2[C@H]1CC[C@@H](Oc2cccnc2F)CC1. The maximum Gasteiger partial charge on any atom is 0.255 e. The van der Waals surface area contributed by atoms with E-state index in [0.717, 1.165) is 60.2 Å².